The number of nitrogens with one attached hydrogen (secondary N) is 2. The second-order valence-electron chi connectivity index (χ2n) is 1.90. The lowest BCUT2D eigenvalue weighted by Crippen LogP contribution is -2.40. The molecule has 0 heterocycles. The fraction of sp³-hybridized carbons (Fsp3) is 0.833. The van der Waals surface area contributed by atoms with Crippen LogP contribution in [0.15, 0.2) is 0 Å². The molecule has 0 radical (unpaired) electrons. The van der Waals surface area contributed by atoms with Crippen LogP contribution in [-0.2, 0) is 4.79 Å². The molecule has 0 unspecified atom stereocenters. The van der Waals surface area contributed by atoms with Crippen LogP contribution in [0.4, 0.5) is 0 Å². The number of carbonyl (C=O) groups excluding carboxylic acids is 1. The van der Waals surface area contributed by atoms with Crippen LogP contribution in [0.2, 0.25) is 0 Å². The van der Waals surface area contributed by atoms with E-state index in [4.69, 9.17) is 0 Å². The first-order chi connectivity index (χ1) is 4.22. The van der Waals surface area contributed by atoms with Gasteiger partial charge in [-0.2, -0.15) is 0 Å². The number of carbonyl (C=O) groups is 1. The van der Waals surface area contributed by atoms with Gasteiger partial charge in [-0.25, -0.2) is 0 Å². The highest BCUT2D eigenvalue weighted by molar-refractivity contribution is 8.93. The molecular formula is C6H15BrN2O. The van der Waals surface area contributed by atoms with Gasteiger partial charge in [0.15, 0.2) is 0 Å². The van der Waals surface area contributed by atoms with E-state index in [0.717, 1.165) is 0 Å². The molecule has 0 aromatic carbocycles. The molecule has 1 amide bonds. The predicted octanol–water partition coefficient (Wildman–Crippen LogP) is 0.308. The molecule has 0 aromatic heterocycles. The number of hydrogen-bond acceptors (Lipinski definition) is 2. The third-order valence-electron chi connectivity index (χ3n) is 1.18. The highest BCUT2D eigenvalue weighted by Crippen LogP contribution is 1.76. The van der Waals surface area contributed by atoms with E-state index >= 15 is 0 Å². The van der Waals surface area contributed by atoms with Crippen molar-refractivity contribution in [2.75, 3.05) is 13.6 Å². The van der Waals surface area contributed by atoms with Crippen LogP contribution in [0.1, 0.15) is 13.8 Å². The van der Waals surface area contributed by atoms with Crippen molar-refractivity contribution in [3.63, 3.8) is 0 Å². The van der Waals surface area contributed by atoms with Crippen LogP contribution in [0.25, 0.3) is 0 Å². The molecule has 0 saturated carbocycles. The fourth-order valence-electron chi connectivity index (χ4n) is 0.458. The quantitative estimate of drug-likeness (QED) is 0.705. The molecule has 2 N–H and O–H groups in total. The third-order valence-corrected chi connectivity index (χ3v) is 1.18. The van der Waals surface area contributed by atoms with Gasteiger partial charge in [0, 0.05) is 6.54 Å². The summed E-state index contributed by atoms with van der Waals surface area (Å²) in [6, 6.07) is -0.0788. The Hall–Kier alpha value is -0.0900. The van der Waals surface area contributed by atoms with Gasteiger partial charge in [-0.15, -0.1) is 17.0 Å². The summed E-state index contributed by atoms with van der Waals surface area (Å²) in [5, 5.41) is 5.53. The lowest BCUT2D eigenvalue weighted by atomic mass is 10.3. The SMILES string of the molecule is Br.CCNC(=O)[C@H](C)NC. The number of hydrogen-bond donors (Lipinski definition) is 2. The average molecular weight is 211 g/mol. The van der Waals surface area contributed by atoms with E-state index in [1.165, 1.54) is 0 Å². The molecule has 1 atom stereocenters. The molecule has 10 heavy (non-hydrogen) atoms. The molecule has 0 aliphatic heterocycles. The summed E-state index contributed by atoms with van der Waals surface area (Å²) >= 11 is 0. The zero-order chi connectivity index (χ0) is 7.28. The largest absolute Gasteiger partial charge is 0.355 e. The van der Waals surface area contributed by atoms with Crippen LogP contribution in [0.3, 0.4) is 0 Å². The summed E-state index contributed by atoms with van der Waals surface area (Å²) < 4.78 is 0. The van der Waals surface area contributed by atoms with Gasteiger partial charge < -0.3 is 10.6 Å². The molecule has 0 aliphatic carbocycles. The summed E-state index contributed by atoms with van der Waals surface area (Å²) in [5.41, 5.74) is 0. The number of likely N-dealkylation sites (N-methyl/N-ethyl adjacent to an activating group) is 2. The molecule has 62 valence electrons. The van der Waals surface area contributed by atoms with Crippen molar-refractivity contribution in [2.45, 2.75) is 19.9 Å². The molecule has 4 heteroatoms. The van der Waals surface area contributed by atoms with Crippen molar-refractivity contribution >= 4 is 22.9 Å². The number of halogens is 1. The summed E-state index contributed by atoms with van der Waals surface area (Å²) in [6.07, 6.45) is 0. The van der Waals surface area contributed by atoms with Crippen molar-refractivity contribution < 1.29 is 4.79 Å². The molecule has 0 fully saturated rings. The van der Waals surface area contributed by atoms with Crippen LogP contribution in [0.5, 0.6) is 0 Å². The normalized spacial score (nSPS) is 11.5. The monoisotopic (exact) mass is 210 g/mol. The van der Waals surface area contributed by atoms with E-state index in [0.29, 0.717) is 6.54 Å². The zero-order valence-corrected chi connectivity index (χ0v) is 8.31. The van der Waals surface area contributed by atoms with E-state index in [-0.39, 0.29) is 28.9 Å². The second kappa shape index (κ2) is 7.02. The van der Waals surface area contributed by atoms with Gasteiger partial charge in [0.2, 0.25) is 5.91 Å². The maximum absolute atomic E-state index is 10.8. The Balaban J connectivity index is 0. The van der Waals surface area contributed by atoms with Crippen molar-refractivity contribution in [2.24, 2.45) is 0 Å². The standard InChI is InChI=1S/C6H14N2O.BrH/c1-4-8-6(9)5(2)7-3;/h5,7H,4H2,1-3H3,(H,8,9);1H/t5-;/m0./s1. The molecule has 0 rings (SSSR count). The molecule has 0 saturated heterocycles. The van der Waals surface area contributed by atoms with Crippen LogP contribution >= 0.6 is 17.0 Å². The fourth-order valence-corrected chi connectivity index (χ4v) is 0.458. The molecule has 3 nitrogen and oxygen atoms in total. The van der Waals surface area contributed by atoms with E-state index in [1.54, 1.807) is 7.05 Å². The molecule has 0 aromatic rings. The highest BCUT2D eigenvalue weighted by atomic mass is 79.9. The lowest BCUT2D eigenvalue weighted by molar-refractivity contribution is -0.122. The van der Waals surface area contributed by atoms with Crippen molar-refractivity contribution in [3.05, 3.63) is 0 Å². The summed E-state index contributed by atoms with van der Waals surface area (Å²) in [7, 11) is 1.76. The first kappa shape index (κ1) is 12.6. The number of amides is 1. The lowest BCUT2D eigenvalue weighted by Gasteiger charge is -2.08. The van der Waals surface area contributed by atoms with Gasteiger partial charge >= 0.3 is 0 Å². The first-order valence-electron chi connectivity index (χ1n) is 3.17. The second-order valence-corrected chi connectivity index (χ2v) is 1.90. The van der Waals surface area contributed by atoms with Crippen molar-refractivity contribution in [1.29, 1.82) is 0 Å². The maximum atomic E-state index is 10.8. The minimum absolute atomic E-state index is 0. The van der Waals surface area contributed by atoms with E-state index < -0.39 is 0 Å². The van der Waals surface area contributed by atoms with E-state index in [1.807, 2.05) is 13.8 Å². The van der Waals surface area contributed by atoms with Gasteiger partial charge in [-0.3, -0.25) is 4.79 Å². The minimum atomic E-state index is -0.0788. The Bertz CT molecular complexity index is 97.7. The van der Waals surface area contributed by atoms with E-state index in [2.05, 4.69) is 10.6 Å². The Morgan fingerprint density at radius 2 is 2.10 bits per heavy atom. The highest BCUT2D eigenvalue weighted by Gasteiger charge is 2.06. The topological polar surface area (TPSA) is 41.1 Å². The third kappa shape index (κ3) is 4.76. The van der Waals surface area contributed by atoms with Crippen molar-refractivity contribution in [1.82, 2.24) is 10.6 Å². The van der Waals surface area contributed by atoms with E-state index in [9.17, 15) is 4.79 Å². The van der Waals surface area contributed by atoms with Gasteiger partial charge in [0.1, 0.15) is 0 Å². The first-order valence-corrected chi connectivity index (χ1v) is 3.17. The smallest absolute Gasteiger partial charge is 0.236 e. The molecule has 0 spiro atoms. The summed E-state index contributed by atoms with van der Waals surface area (Å²) in [4.78, 5) is 10.8. The molecule has 0 aliphatic rings. The van der Waals surface area contributed by atoms with Gasteiger partial charge in [0.25, 0.3) is 0 Å². The predicted molar refractivity (Wildman–Crippen MR) is 47.5 cm³/mol. The van der Waals surface area contributed by atoms with Crippen LogP contribution in [-0.4, -0.2) is 25.5 Å². The van der Waals surface area contributed by atoms with Crippen LogP contribution in [0, 0.1) is 0 Å². The maximum Gasteiger partial charge on any atom is 0.236 e. The average Bonchev–Trinajstić information content (AvgIpc) is 1.87. The van der Waals surface area contributed by atoms with Gasteiger partial charge in [0.05, 0.1) is 6.04 Å². The molecule has 0 bridgehead atoms. The molecular weight excluding hydrogens is 196 g/mol. The summed E-state index contributed by atoms with van der Waals surface area (Å²) in [6.45, 7) is 4.43. The zero-order valence-electron chi connectivity index (χ0n) is 6.60. The Kier molecular flexibility index (Phi) is 8.83. The van der Waals surface area contributed by atoms with Gasteiger partial charge in [-0.05, 0) is 20.9 Å². The Morgan fingerprint density at radius 1 is 1.60 bits per heavy atom. The van der Waals surface area contributed by atoms with Crippen LogP contribution < -0.4 is 10.6 Å². The minimum Gasteiger partial charge on any atom is -0.355 e. The number of rotatable bonds is 3. The van der Waals surface area contributed by atoms with Crippen molar-refractivity contribution in [3.8, 4) is 0 Å². The Morgan fingerprint density at radius 3 is 2.40 bits per heavy atom. The Labute approximate surface area is 72.3 Å². The van der Waals surface area contributed by atoms with Gasteiger partial charge in [-0.1, -0.05) is 0 Å². The summed E-state index contributed by atoms with van der Waals surface area (Å²) in [5.74, 6) is 0.0556.